The van der Waals surface area contributed by atoms with Gasteiger partial charge in [0.05, 0.1) is 5.69 Å². The van der Waals surface area contributed by atoms with Crippen molar-refractivity contribution >= 4 is 5.91 Å². The Morgan fingerprint density at radius 3 is 2.27 bits per heavy atom. The molecule has 0 radical (unpaired) electrons. The zero-order valence-electron chi connectivity index (χ0n) is 15.9. The van der Waals surface area contributed by atoms with Crippen molar-refractivity contribution in [2.75, 3.05) is 32.7 Å². The first kappa shape index (κ1) is 18.3. The van der Waals surface area contributed by atoms with Crippen LogP contribution in [0.4, 0.5) is 0 Å². The number of aromatic amines is 1. The summed E-state index contributed by atoms with van der Waals surface area (Å²) in [5.74, 6) is -0.135. The number of nitrogens with zero attached hydrogens (tertiary/aromatic N) is 3. The van der Waals surface area contributed by atoms with Crippen molar-refractivity contribution in [3.8, 4) is 11.3 Å². The van der Waals surface area contributed by atoms with Gasteiger partial charge in [-0.15, -0.1) is 0 Å². The van der Waals surface area contributed by atoms with E-state index in [9.17, 15) is 9.59 Å². The number of amides is 1. The highest BCUT2D eigenvalue weighted by Crippen LogP contribution is 2.26. The summed E-state index contributed by atoms with van der Waals surface area (Å²) in [6, 6.07) is 5.84. The van der Waals surface area contributed by atoms with Crippen molar-refractivity contribution in [2.45, 2.75) is 27.7 Å². The molecule has 6 heteroatoms. The first-order valence-electron chi connectivity index (χ1n) is 9.10. The third kappa shape index (κ3) is 3.70. The van der Waals surface area contributed by atoms with Gasteiger partial charge >= 0.3 is 5.69 Å². The van der Waals surface area contributed by atoms with Crippen molar-refractivity contribution in [3.63, 3.8) is 0 Å². The predicted molar refractivity (Wildman–Crippen MR) is 103 cm³/mol. The zero-order valence-corrected chi connectivity index (χ0v) is 15.9. The number of hydrogen-bond donors (Lipinski definition) is 1. The molecule has 0 atom stereocenters. The van der Waals surface area contributed by atoms with E-state index in [2.05, 4.69) is 33.9 Å². The minimum Gasteiger partial charge on any atom is -0.335 e. The van der Waals surface area contributed by atoms with E-state index in [1.807, 2.05) is 20.8 Å². The van der Waals surface area contributed by atoms with Crippen LogP contribution in [0, 0.1) is 20.8 Å². The molecule has 6 nitrogen and oxygen atoms in total. The lowest BCUT2D eigenvalue weighted by atomic mass is 9.97. The number of carbonyl (C=O) groups is 1. The van der Waals surface area contributed by atoms with E-state index < -0.39 is 5.69 Å². The number of piperazine rings is 1. The Balaban J connectivity index is 1.94. The molecule has 1 aliphatic heterocycles. The van der Waals surface area contributed by atoms with Crippen molar-refractivity contribution in [2.24, 2.45) is 0 Å². The molecule has 1 aliphatic rings. The quantitative estimate of drug-likeness (QED) is 0.917. The molecule has 0 unspecified atom stereocenters. The highest BCUT2D eigenvalue weighted by Gasteiger charge is 2.23. The number of benzene rings is 1. The summed E-state index contributed by atoms with van der Waals surface area (Å²) in [6.45, 7) is 12.2. The summed E-state index contributed by atoms with van der Waals surface area (Å²) in [6.07, 6.45) is 0. The van der Waals surface area contributed by atoms with Gasteiger partial charge in [-0.05, 0) is 44.5 Å². The number of likely N-dealkylation sites (N-methyl/N-ethyl adjacent to an activating group) is 1. The Morgan fingerprint density at radius 1 is 1.08 bits per heavy atom. The summed E-state index contributed by atoms with van der Waals surface area (Å²) in [7, 11) is 0. The van der Waals surface area contributed by atoms with Gasteiger partial charge in [-0.25, -0.2) is 4.79 Å². The van der Waals surface area contributed by atoms with Crippen molar-refractivity contribution in [1.82, 2.24) is 19.8 Å². The molecule has 0 saturated carbocycles. The van der Waals surface area contributed by atoms with Crippen LogP contribution in [0.2, 0.25) is 0 Å². The molecule has 1 fully saturated rings. The second kappa shape index (κ2) is 7.41. The van der Waals surface area contributed by atoms with Gasteiger partial charge in [0.15, 0.2) is 0 Å². The fourth-order valence-electron chi connectivity index (χ4n) is 3.72. The molecular formula is C20H26N4O2. The molecule has 1 saturated heterocycles. The van der Waals surface area contributed by atoms with E-state index in [0.717, 1.165) is 36.3 Å². The van der Waals surface area contributed by atoms with Crippen molar-refractivity contribution in [1.29, 1.82) is 0 Å². The number of H-pyrrole nitrogens is 1. The number of aromatic nitrogens is 2. The molecule has 2 heterocycles. The number of hydrogen-bond acceptors (Lipinski definition) is 4. The van der Waals surface area contributed by atoms with Crippen LogP contribution in [0.3, 0.4) is 0 Å². The summed E-state index contributed by atoms with van der Waals surface area (Å²) < 4.78 is 0. The second-order valence-corrected chi connectivity index (χ2v) is 6.99. The minimum absolute atomic E-state index is 0.135. The molecule has 138 valence electrons. The molecule has 2 aromatic rings. The van der Waals surface area contributed by atoms with Crippen LogP contribution in [-0.4, -0.2) is 58.4 Å². The van der Waals surface area contributed by atoms with E-state index in [4.69, 9.17) is 0 Å². The number of carbonyl (C=O) groups excluding carboxylic acids is 1. The number of nitrogens with one attached hydrogen (secondary N) is 1. The largest absolute Gasteiger partial charge is 0.346 e. The summed E-state index contributed by atoms with van der Waals surface area (Å²) in [5.41, 5.74) is 4.57. The van der Waals surface area contributed by atoms with Crippen molar-refractivity contribution < 1.29 is 4.79 Å². The Kier molecular flexibility index (Phi) is 5.23. The molecule has 1 aromatic carbocycles. The molecule has 0 bridgehead atoms. The SMILES string of the molecule is CCN1CCN(C(=O)c2cc(-c3c(C)cc(C)cc3C)nc(=O)[nH]2)CC1. The maximum atomic E-state index is 12.9. The summed E-state index contributed by atoms with van der Waals surface area (Å²) in [5, 5.41) is 0. The monoisotopic (exact) mass is 354 g/mol. The van der Waals surface area contributed by atoms with Crippen LogP contribution in [0.15, 0.2) is 23.0 Å². The van der Waals surface area contributed by atoms with E-state index in [-0.39, 0.29) is 5.91 Å². The molecule has 1 amide bonds. The minimum atomic E-state index is -0.489. The fourth-order valence-corrected chi connectivity index (χ4v) is 3.72. The van der Waals surface area contributed by atoms with Gasteiger partial charge in [-0.3, -0.25) is 4.79 Å². The lowest BCUT2D eigenvalue weighted by molar-refractivity contribution is 0.0637. The average Bonchev–Trinajstić information content (AvgIpc) is 2.60. The topological polar surface area (TPSA) is 69.3 Å². The third-order valence-electron chi connectivity index (χ3n) is 5.01. The van der Waals surface area contributed by atoms with Crippen LogP contribution in [0.1, 0.15) is 34.1 Å². The zero-order chi connectivity index (χ0) is 18.8. The Morgan fingerprint density at radius 2 is 1.69 bits per heavy atom. The number of aryl methyl sites for hydroxylation is 3. The van der Waals surface area contributed by atoms with Crippen LogP contribution >= 0.6 is 0 Å². The number of rotatable bonds is 3. The Hall–Kier alpha value is -2.47. The molecule has 3 rings (SSSR count). The summed E-state index contributed by atoms with van der Waals surface area (Å²) in [4.78, 5) is 35.8. The second-order valence-electron chi connectivity index (χ2n) is 6.99. The fraction of sp³-hybridized carbons (Fsp3) is 0.450. The molecule has 0 spiro atoms. The van der Waals surface area contributed by atoms with E-state index in [1.54, 1.807) is 11.0 Å². The first-order chi connectivity index (χ1) is 12.4. The Labute approximate surface area is 153 Å². The molecular weight excluding hydrogens is 328 g/mol. The van der Waals surface area contributed by atoms with Crippen LogP contribution in [-0.2, 0) is 0 Å². The van der Waals surface area contributed by atoms with Gasteiger partial charge < -0.3 is 14.8 Å². The van der Waals surface area contributed by atoms with E-state index in [1.165, 1.54) is 5.56 Å². The molecule has 1 aromatic heterocycles. The summed E-state index contributed by atoms with van der Waals surface area (Å²) >= 11 is 0. The standard InChI is InChI=1S/C20H26N4O2/c1-5-23-6-8-24(9-7-23)19(25)17-12-16(21-20(26)22-17)18-14(3)10-13(2)11-15(18)4/h10-12H,5-9H2,1-4H3,(H,21,22,26). The van der Waals surface area contributed by atoms with Crippen molar-refractivity contribution in [3.05, 3.63) is 51.1 Å². The molecule has 0 aliphatic carbocycles. The van der Waals surface area contributed by atoms with Gasteiger partial charge in [0, 0.05) is 31.7 Å². The van der Waals surface area contributed by atoms with E-state index >= 15 is 0 Å². The van der Waals surface area contributed by atoms with Crippen LogP contribution in [0.25, 0.3) is 11.3 Å². The highest BCUT2D eigenvalue weighted by molar-refractivity contribution is 5.93. The third-order valence-corrected chi connectivity index (χ3v) is 5.01. The van der Waals surface area contributed by atoms with Gasteiger partial charge in [0.2, 0.25) is 0 Å². The Bertz CT molecular complexity index is 857. The normalized spacial score (nSPS) is 15.3. The van der Waals surface area contributed by atoms with Gasteiger partial charge in [-0.2, -0.15) is 4.98 Å². The lowest BCUT2D eigenvalue weighted by Crippen LogP contribution is -2.48. The average molecular weight is 354 g/mol. The maximum absolute atomic E-state index is 12.9. The first-order valence-corrected chi connectivity index (χ1v) is 9.10. The maximum Gasteiger partial charge on any atom is 0.346 e. The van der Waals surface area contributed by atoms with Gasteiger partial charge in [-0.1, -0.05) is 24.6 Å². The van der Waals surface area contributed by atoms with Gasteiger partial charge in [0.25, 0.3) is 5.91 Å². The molecule has 26 heavy (non-hydrogen) atoms. The van der Waals surface area contributed by atoms with E-state index in [0.29, 0.717) is 24.5 Å². The van der Waals surface area contributed by atoms with Crippen LogP contribution in [0.5, 0.6) is 0 Å². The predicted octanol–water partition coefficient (Wildman–Crippen LogP) is 2.14. The lowest BCUT2D eigenvalue weighted by Gasteiger charge is -2.33. The smallest absolute Gasteiger partial charge is 0.335 e. The van der Waals surface area contributed by atoms with Gasteiger partial charge in [0.1, 0.15) is 5.69 Å². The molecule has 1 N–H and O–H groups in total. The highest BCUT2D eigenvalue weighted by atomic mass is 16.2. The van der Waals surface area contributed by atoms with Crippen LogP contribution < -0.4 is 5.69 Å².